The van der Waals surface area contributed by atoms with Crippen molar-refractivity contribution in [3.63, 3.8) is 0 Å². The largest absolute Gasteiger partial charge is 0.271 e. The topological polar surface area (TPSA) is 50.9 Å². The van der Waals surface area contributed by atoms with Crippen molar-refractivity contribution in [1.82, 2.24) is 10.4 Å². The molecule has 0 radical (unpaired) electrons. The fraction of sp³-hybridized carbons (Fsp3) is 0.154. The van der Waals surface area contributed by atoms with Crippen LogP contribution in [0.5, 0.6) is 0 Å². The first kappa shape index (κ1) is 12.6. The summed E-state index contributed by atoms with van der Waals surface area (Å²) in [6, 6.07) is 7.13. The SMILES string of the molecule is Cc1cc(C(NN)c2ccc(F)cn2)ccc1F. The third kappa shape index (κ3) is 2.52. The van der Waals surface area contributed by atoms with Crippen LogP contribution >= 0.6 is 0 Å². The van der Waals surface area contributed by atoms with Crippen molar-refractivity contribution in [2.24, 2.45) is 5.84 Å². The molecule has 0 saturated heterocycles. The molecule has 0 spiro atoms. The zero-order valence-electron chi connectivity index (χ0n) is 9.82. The van der Waals surface area contributed by atoms with Gasteiger partial charge in [-0.1, -0.05) is 12.1 Å². The first-order valence-corrected chi connectivity index (χ1v) is 5.45. The Kier molecular flexibility index (Phi) is 3.64. The van der Waals surface area contributed by atoms with E-state index in [1.165, 1.54) is 12.1 Å². The second-order valence-corrected chi connectivity index (χ2v) is 4.01. The summed E-state index contributed by atoms with van der Waals surface area (Å²) in [4.78, 5) is 3.97. The molecular formula is C13H13F2N3. The maximum atomic E-state index is 13.2. The van der Waals surface area contributed by atoms with Gasteiger partial charge in [-0.15, -0.1) is 0 Å². The molecule has 0 saturated carbocycles. The molecule has 3 nitrogen and oxygen atoms in total. The highest BCUT2D eigenvalue weighted by Gasteiger charge is 2.14. The van der Waals surface area contributed by atoms with Gasteiger partial charge < -0.3 is 0 Å². The van der Waals surface area contributed by atoms with Crippen LogP contribution in [0.2, 0.25) is 0 Å². The van der Waals surface area contributed by atoms with Crippen LogP contribution in [0.15, 0.2) is 36.5 Å². The van der Waals surface area contributed by atoms with Crippen LogP contribution in [0.25, 0.3) is 0 Å². The molecule has 2 aromatic rings. The average molecular weight is 249 g/mol. The lowest BCUT2D eigenvalue weighted by Crippen LogP contribution is -2.29. The van der Waals surface area contributed by atoms with E-state index in [-0.39, 0.29) is 5.82 Å². The van der Waals surface area contributed by atoms with Crippen molar-refractivity contribution in [3.8, 4) is 0 Å². The summed E-state index contributed by atoms with van der Waals surface area (Å²) >= 11 is 0. The van der Waals surface area contributed by atoms with E-state index in [9.17, 15) is 8.78 Å². The Morgan fingerprint density at radius 3 is 2.56 bits per heavy atom. The molecule has 1 atom stereocenters. The highest BCUT2D eigenvalue weighted by Crippen LogP contribution is 2.21. The van der Waals surface area contributed by atoms with Crippen molar-refractivity contribution in [2.45, 2.75) is 13.0 Å². The summed E-state index contributed by atoms with van der Waals surface area (Å²) < 4.78 is 26.0. The number of aromatic nitrogens is 1. The number of rotatable bonds is 3. The maximum Gasteiger partial charge on any atom is 0.141 e. The van der Waals surface area contributed by atoms with Crippen molar-refractivity contribution >= 4 is 0 Å². The zero-order valence-corrected chi connectivity index (χ0v) is 9.82. The average Bonchev–Trinajstić information content (AvgIpc) is 2.37. The molecule has 94 valence electrons. The number of nitrogens with zero attached hydrogens (tertiary/aromatic N) is 1. The molecule has 1 aromatic heterocycles. The molecule has 0 amide bonds. The molecule has 0 aliphatic carbocycles. The number of benzene rings is 1. The smallest absolute Gasteiger partial charge is 0.141 e. The third-order valence-corrected chi connectivity index (χ3v) is 2.73. The molecule has 0 bridgehead atoms. The molecule has 1 unspecified atom stereocenters. The lowest BCUT2D eigenvalue weighted by Gasteiger charge is -2.16. The van der Waals surface area contributed by atoms with Crippen LogP contribution in [-0.2, 0) is 0 Å². The summed E-state index contributed by atoms with van der Waals surface area (Å²) in [6.45, 7) is 1.67. The monoisotopic (exact) mass is 249 g/mol. The maximum absolute atomic E-state index is 13.2. The number of aryl methyl sites for hydroxylation is 1. The molecule has 3 N–H and O–H groups in total. The summed E-state index contributed by atoms with van der Waals surface area (Å²) in [5.74, 6) is 4.80. The van der Waals surface area contributed by atoms with Gasteiger partial charge in [0.05, 0.1) is 17.9 Å². The van der Waals surface area contributed by atoms with Gasteiger partial charge in [-0.05, 0) is 36.2 Å². The fourth-order valence-electron chi connectivity index (χ4n) is 1.76. The molecule has 18 heavy (non-hydrogen) atoms. The Hall–Kier alpha value is -1.85. The van der Waals surface area contributed by atoms with Crippen LogP contribution in [0.4, 0.5) is 8.78 Å². The first-order valence-electron chi connectivity index (χ1n) is 5.45. The Bertz CT molecular complexity index is 540. The van der Waals surface area contributed by atoms with Crippen LogP contribution in [0, 0.1) is 18.6 Å². The lowest BCUT2D eigenvalue weighted by molar-refractivity contribution is 0.591. The van der Waals surface area contributed by atoms with Crippen LogP contribution in [0.1, 0.15) is 22.9 Å². The van der Waals surface area contributed by atoms with Crippen molar-refractivity contribution in [1.29, 1.82) is 0 Å². The number of pyridine rings is 1. The molecule has 0 aliphatic rings. The number of halogens is 2. The van der Waals surface area contributed by atoms with E-state index >= 15 is 0 Å². The third-order valence-electron chi connectivity index (χ3n) is 2.73. The van der Waals surface area contributed by atoms with E-state index in [4.69, 9.17) is 5.84 Å². The molecule has 1 aromatic carbocycles. The number of hydrazine groups is 1. The fourth-order valence-corrected chi connectivity index (χ4v) is 1.76. The minimum Gasteiger partial charge on any atom is -0.271 e. The molecule has 2 rings (SSSR count). The lowest BCUT2D eigenvalue weighted by atomic mass is 10.0. The normalized spacial score (nSPS) is 12.4. The standard InChI is InChI=1S/C13H13F2N3/c1-8-6-9(2-4-11(8)15)13(18-16)12-5-3-10(14)7-17-12/h2-7,13,18H,16H2,1H3. The van der Waals surface area contributed by atoms with Crippen LogP contribution in [-0.4, -0.2) is 4.98 Å². The van der Waals surface area contributed by atoms with Gasteiger partial charge in [-0.25, -0.2) is 14.2 Å². The summed E-state index contributed by atoms with van der Waals surface area (Å²) in [6.07, 6.45) is 1.12. The second kappa shape index (κ2) is 5.20. The van der Waals surface area contributed by atoms with Gasteiger partial charge in [0, 0.05) is 0 Å². The quantitative estimate of drug-likeness (QED) is 0.647. The summed E-state index contributed by atoms with van der Waals surface area (Å²) in [5, 5.41) is 0. The Labute approximate surface area is 104 Å². The van der Waals surface area contributed by atoms with Gasteiger partial charge in [0.2, 0.25) is 0 Å². The Morgan fingerprint density at radius 2 is 2.00 bits per heavy atom. The number of hydrogen-bond acceptors (Lipinski definition) is 3. The predicted molar refractivity (Wildman–Crippen MR) is 64.5 cm³/mol. The zero-order chi connectivity index (χ0) is 13.1. The van der Waals surface area contributed by atoms with Gasteiger partial charge in [-0.3, -0.25) is 10.8 Å². The van der Waals surface area contributed by atoms with Crippen molar-refractivity contribution in [2.75, 3.05) is 0 Å². The summed E-state index contributed by atoms with van der Waals surface area (Å²) in [5.41, 5.74) is 4.46. The van der Waals surface area contributed by atoms with E-state index in [0.717, 1.165) is 11.8 Å². The van der Waals surface area contributed by atoms with E-state index in [1.807, 2.05) is 0 Å². The highest BCUT2D eigenvalue weighted by molar-refractivity contribution is 5.31. The Balaban J connectivity index is 2.38. The van der Waals surface area contributed by atoms with Crippen molar-refractivity contribution in [3.05, 3.63) is 65.0 Å². The molecule has 5 heteroatoms. The van der Waals surface area contributed by atoms with Gasteiger partial charge in [-0.2, -0.15) is 0 Å². The minimum atomic E-state index is -0.412. The van der Waals surface area contributed by atoms with Gasteiger partial charge in [0.1, 0.15) is 11.6 Å². The van der Waals surface area contributed by atoms with Crippen LogP contribution in [0.3, 0.4) is 0 Å². The number of hydrogen-bond donors (Lipinski definition) is 2. The second-order valence-electron chi connectivity index (χ2n) is 4.01. The van der Waals surface area contributed by atoms with E-state index in [0.29, 0.717) is 11.3 Å². The van der Waals surface area contributed by atoms with Crippen molar-refractivity contribution < 1.29 is 8.78 Å². The summed E-state index contributed by atoms with van der Waals surface area (Å²) in [7, 11) is 0. The van der Waals surface area contributed by atoms with E-state index < -0.39 is 11.9 Å². The van der Waals surface area contributed by atoms with E-state index in [2.05, 4.69) is 10.4 Å². The molecule has 1 heterocycles. The Morgan fingerprint density at radius 1 is 1.22 bits per heavy atom. The van der Waals surface area contributed by atoms with E-state index in [1.54, 1.807) is 25.1 Å². The minimum absolute atomic E-state index is 0.276. The van der Waals surface area contributed by atoms with Gasteiger partial charge in [0.15, 0.2) is 0 Å². The van der Waals surface area contributed by atoms with Gasteiger partial charge >= 0.3 is 0 Å². The first-order chi connectivity index (χ1) is 8.61. The number of nitrogens with two attached hydrogens (primary N) is 1. The predicted octanol–water partition coefficient (Wildman–Crippen LogP) is 2.22. The molecule has 0 fully saturated rings. The molecular weight excluding hydrogens is 236 g/mol. The number of nitrogens with one attached hydrogen (secondary N) is 1. The highest BCUT2D eigenvalue weighted by atomic mass is 19.1. The van der Waals surface area contributed by atoms with Crippen LogP contribution < -0.4 is 11.3 Å². The van der Waals surface area contributed by atoms with Gasteiger partial charge in [0.25, 0.3) is 0 Å². The molecule has 0 aliphatic heterocycles.